The molecule has 4 heteroatoms. The van der Waals surface area contributed by atoms with E-state index in [0.29, 0.717) is 23.3 Å². The second-order valence-electron chi connectivity index (χ2n) is 9.02. The Bertz CT molecular complexity index is 430. The van der Waals surface area contributed by atoms with E-state index >= 15 is 0 Å². The predicted octanol–water partition coefficient (Wildman–Crippen LogP) is 1.81. The number of nitrogens with one attached hydrogen (secondary N) is 1. The summed E-state index contributed by atoms with van der Waals surface area (Å²) in [4.78, 5) is 12.9. The van der Waals surface area contributed by atoms with Gasteiger partial charge in [-0.1, -0.05) is 13.8 Å². The molecule has 0 aromatic carbocycles. The van der Waals surface area contributed by atoms with Gasteiger partial charge in [0.15, 0.2) is 0 Å². The molecular weight excluding hydrogens is 264 g/mol. The first-order chi connectivity index (χ1) is 9.65. The van der Waals surface area contributed by atoms with Gasteiger partial charge in [-0.05, 0) is 62.2 Å². The third kappa shape index (κ3) is 2.61. The Labute approximate surface area is 127 Å². The van der Waals surface area contributed by atoms with Gasteiger partial charge < -0.3 is 16.2 Å². The molecule has 4 N–H and O–H groups in total. The van der Waals surface area contributed by atoms with Gasteiger partial charge in [0.25, 0.3) is 0 Å². The smallest absolute Gasteiger partial charge is 0.226 e. The number of carbonyl (C=O) groups is 1. The van der Waals surface area contributed by atoms with E-state index in [1.54, 1.807) is 6.92 Å². The fourth-order valence-corrected chi connectivity index (χ4v) is 6.27. The zero-order chi connectivity index (χ0) is 15.5. The molecule has 120 valence electrons. The van der Waals surface area contributed by atoms with Gasteiger partial charge in [-0.25, -0.2) is 0 Å². The van der Waals surface area contributed by atoms with Gasteiger partial charge in [-0.15, -0.1) is 0 Å². The summed E-state index contributed by atoms with van der Waals surface area (Å²) >= 11 is 0. The highest BCUT2D eigenvalue weighted by Gasteiger charge is 2.62. The summed E-state index contributed by atoms with van der Waals surface area (Å²) in [5.74, 6) is 0.896. The Morgan fingerprint density at radius 3 is 2.29 bits per heavy atom. The van der Waals surface area contributed by atoms with Crippen LogP contribution in [0.2, 0.25) is 0 Å². The van der Waals surface area contributed by atoms with Crippen molar-refractivity contribution in [1.29, 1.82) is 0 Å². The van der Waals surface area contributed by atoms with Crippen molar-refractivity contribution in [3.63, 3.8) is 0 Å². The van der Waals surface area contributed by atoms with Crippen molar-refractivity contribution in [2.24, 2.45) is 27.9 Å². The fourth-order valence-electron chi connectivity index (χ4n) is 6.27. The van der Waals surface area contributed by atoms with Crippen LogP contribution in [0.5, 0.6) is 0 Å². The minimum Gasteiger partial charge on any atom is -0.392 e. The van der Waals surface area contributed by atoms with Gasteiger partial charge >= 0.3 is 0 Å². The standard InChI is InChI=1S/C17H30N2O2/c1-11(20)13(18)7-19-14(21)17-6-12-4-15(2,9-17)8-16(3,5-12)10-17/h11-13,20H,4-10,18H2,1-3H3,(H,19,21). The molecule has 21 heavy (non-hydrogen) atoms. The molecule has 0 saturated heterocycles. The first-order valence-corrected chi connectivity index (χ1v) is 8.37. The molecule has 4 nitrogen and oxygen atoms in total. The first kappa shape index (κ1) is 15.3. The molecule has 0 aliphatic heterocycles. The van der Waals surface area contributed by atoms with Gasteiger partial charge in [-0.2, -0.15) is 0 Å². The summed E-state index contributed by atoms with van der Waals surface area (Å²) in [6.07, 6.45) is 6.39. The molecule has 0 aromatic heterocycles. The van der Waals surface area contributed by atoms with E-state index in [9.17, 15) is 9.90 Å². The lowest BCUT2D eigenvalue weighted by Crippen LogP contribution is -2.60. The van der Waals surface area contributed by atoms with Crippen LogP contribution in [0.15, 0.2) is 0 Å². The minimum atomic E-state index is -0.586. The van der Waals surface area contributed by atoms with Crippen LogP contribution in [0.25, 0.3) is 0 Å². The molecule has 4 unspecified atom stereocenters. The quantitative estimate of drug-likeness (QED) is 0.740. The maximum atomic E-state index is 12.9. The van der Waals surface area contributed by atoms with Crippen LogP contribution in [0.4, 0.5) is 0 Å². The Hall–Kier alpha value is -0.610. The summed E-state index contributed by atoms with van der Waals surface area (Å²) < 4.78 is 0. The van der Waals surface area contributed by atoms with Gasteiger partial charge in [0.2, 0.25) is 5.91 Å². The van der Waals surface area contributed by atoms with Crippen molar-refractivity contribution < 1.29 is 9.90 Å². The van der Waals surface area contributed by atoms with E-state index in [1.165, 1.54) is 19.3 Å². The number of aliphatic hydroxyl groups is 1. The Balaban J connectivity index is 1.74. The molecule has 0 spiro atoms. The zero-order valence-electron chi connectivity index (χ0n) is 13.6. The highest BCUT2D eigenvalue weighted by Crippen LogP contribution is 2.69. The molecule has 4 aliphatic carbocycles. The van der Waals surface area contributed by atoms with Crippen LogP contribution >= 0.6 is 0 Å². The second kappa shape index (κ2) is 4.69. The predicted molar refractivity (Wildman–Crippen MR) is 82.5 cm³/mol. The number of hydrogen-bond acceptors (Lipinski definition) is 3. The van der Waals surface area contributed by atoms with Crippen molar-refractivity contribution in [2.45, 2.75) is 71.4 Å². The molecule has 4 fully saturated rings. The van der Waals surface area contributed by atoms with E-state index in [4.69, 9.17) is 5.73 Å². The van der Waals surface area contributed by atoms with Crippen LogP contribution in [0, 0.1) is 22.2 Å². The lowest BCUT2D eigenvalue weighted by Gasteiger charge is -2.64. The molecule has 0 radical (unpaired) electrons. The molecule has 1 amide bonds. The Kier molecular flexibility index (Phi) is 3.42. The van der Waals surface area contributed by atoms with Gasteiger partial charge in [0.05, 0.1) is 11.5 Å². The van der Waals surface area contributed by atoms with E-state index in [-0.39, 0.29) is 17.4 Å². The number of carbonyl (C=O) groups excluding carboxylic acids is 1. The molecule has 4 bridgehead atoms. The topological polar surface area (TPSA) is 75.3 Å². The molecular formula is C17H30N2O2. The number of nitrogens with two attached hydrogens (primary N) is 1. The number of rotatable bonds is 4. The summed E-state index contributed by atoms with van der Waals surface area (Å²) in [6.45, 7) is 6.79. The van der Waals surface area contributed by atoms with Gasteiger partial charge in [0.1, 0.15) is 0 Å². The van der Waals surface area contributed by atoms with E-state index in [0.717, 1.165) is 19.3 Å². The van der Waals surface area contributed by atoms with Crippen molar-refractivity contribution in [3.05, 3.63) is 0 Å². The van der Waals surface area contributed by atoms with Crippen molar-refractivity contribution in [1.82, 2.24) is 5.32 Å². The number of hydrogen-bond donors (Lipinski definition) is 3. The first-order valence-electron chi connectivity index (χ1n) is 8.37. The number of aliphatic hydroxyl groups excluding tert-OH is 1. The Morgan fingerprint density at radius 2 is 1.81 bits per heavy atom. The van der Waals surface area contributed by atoms with Gasteiger partial charge in [0, 0.05) is 12.6 Å². The molecule has 4 rings (SSSR count). The largest absolute Gasteiger partial charge is 0.392 e. The highest BCUT2D eigenvalue weighted by atomic mass is 16.3. The zero-order valence-corrected chi connectivity index (χ0v) is 13.6. The van der Waals surface area contributed by atoms with Crippen LogP contribution < -0.4 is 11.1 Å². The summed E-state index contributed by atoms with van der Waals surface area (Å²) in [6, 6.07) is -0.381. The molecule has 4 saturated carbocycles. The van der Waals surface area contributed by atoms with E-state index in [2.05, 4.69) is 19.2 Å². The van der Waals surface area contributed by atoms with Gasteiger partial charge in [-0.3, -0.25) is 4.79 Å². The third-order valence-corrected chi connectivity index (χ3v) is 6.23. The SMILES string of the molecule is CC(O)C(N)CNC(=O)C12CC3CC(C)(CC(C)(C3)C1)C2. The van der Waals surface area contributed by atoms with Crippen molar-refractivity contribution in [3.8, 4) is 0 Å². The molecule has 4 aliphatic rings. The van der Waals surface area contributed by atoms with Crippen LogP contribution in [0.1, 0.15) is 59.3 Å². The maximum absolute atomic E-state index is 12.9. The van der Waals surface area contributed by atoms with Crippen LogP contribution in [0.3, 0.4) is 0 Å². The summed E-state index contributed by atoms with van der Waals surface area (Å²) in [5, 5.41) is 12.5. The minimum absolute atomic E-state index is 0.179. The van der Waals surface area contributed by atoms with Crippen LogP contribution in [-0.4, -0.2) is 29.7 Å². The number of amides is 1. The summed E-state index contributed by atoms with van der Waals surface area (Å²) in [5.41, 5.74) is 6.35. The van der Waals surface area contributed by atoms with Crippen molar-refractivity contribution >= 4 is 5.91 Å². The Morgan fingerprint density at radius 1 is 1.24 bits per heavy atom. The fraction of sp³-hybridized carbons (Fsp3) is 0.941. The van der Waals surface area contributed by atoms with E-state index < -0.39 is 6.10 Å². The van der Waals surface area contributed by atoms with Crippen molar-refractivity contribution in [2.75, 3.05) is 6.54 Å². The summed E-state index contributed by atoms with van der Waals surface area (Å²) in [7, 11) is 0. The van der Waals surface area contributed by atoms with E-state index in [1.807, 2.05) is 0 Å². The monoisotopic (exact) mass is 294 g/mol. The third-order valence-electron chi connectivity index (χ3n) is 6.23. The maximum Gasteiger partial charge on any atom is 0.226 e. The highest BCUT2D eigenvalue weighted by molar-refractivity contribution is 5.83. The average molecular weight is 294 g/mol. The molecule has 0 aromatic rings. The molecule has 4 atom stereocenters. The second-order valence-corrected chi connectivity index (χ2v) is 9.02. The van der Waals surface area contributed by atoms with Crippen LogP contribution in [-0.2, 0) is 4.79 Å². The molecule has 0 heterocycles. The lowest BCUT2D eigenvalue weighted by molar-refractivity contribution is -0.170. The average Bonchev–Trinajstić information content (AvgIpc) is 2.30. The lowest BCUT2D eigenvalue weighted by atomic mass is 9.40. The normalized spacial score (nSPS) is 47.2.